The van der Waals surface area contributed by atoms with Gasteiger partial charge in [0.15, 0.2) is 10.9 Å². The van der Waals surface area contributed by atoms with Crippen LogP contribution in [0.4, 0.5) is 0 Å². The molecule has 0 unspecified atom stereocenters. The van der Waals surface area contributed by atoms with Gasteiger partial charge in [-0.15, -0.1) is 10.2 Å². The first-order valence-corrected chi connectivity index (χ1v) is 12.6. The van der Waals surface area contributed by atoms with Crippen LogP contribution in [0, 0.1) is 0 Å². The smallest absolute Gasteiger partial charge is 0.241 e. The van der Waals surface area contributed by atoms with E-state index >= 15 is 0 Å². The highest BCUT2D eigenvalue weighted by Gasteiger charge is 2.24. The number of carbonyl (C=O) groups is 1. The number of thioether (sulfide) groups is 1. The van der Waals surface area contributed by atoms with Crippen LogP contribution in [-0.4, -0.2) is 38.1 Å². The molecule has 0 N–H and O–H groups in total. The summed E-state index contributed by atoms with van der Waals surface area (Å²) < 4.78 is 14.8. The van der Waals surface area contributed by atoms with E-state index in [9.17, 15) is 4.79 Å². The molecule has 3 aromatic heterocycles. The van der Waals surface area contributed by atoms with E-state index in [1.807, 2.05) is 63.7 Å². The molecular weight excluding hydrogens is 460 g/mol. The van der Waals surface area contributed by atoms with E-state index in [1.54, 1.807) is 13.4 Å². The SMILES string of the molecule is COc1ccc(-n2c(SCC(=O)n3c4c(c5ccccc53)CCCC4)nnc2-c2ccco2)cc1. The van der Waals surface area contributed by atoms with Gasteiger partial charge in [-0.3, -0.25) is 13.9 Å². The number of methoxy groups -OCH3 is 1. The molecule has 0 radical (unpaired) electrons. The van der Waals surface area contributed by atoms with Gasteiger partial charge in [0.1, 0.15) is 5.75 Å². The number of hydrogen-bond acceptors (Lipinski definition) is 6. The number of furan rings is 1. The Morgan fingerprint density at radius 1 is 1.03 bits per heavy atom. The van der Waals surface area contributed by atoms with Crippen LogP contribution in [0.5, 0.6) is 5.75 Å². The number of fused-ring (bicyclic) bond motifs is 3. The third kappa shape index (κ3) is 3.83. The lowest BCUT2D eigenvalue weighted by atomic mass is 9.96. The van der Waals surface area contributed by atoms with Gasteiger partial charge >= 0.3 is 0 Å². The Morgan fingerprint density at radius 2 is 1.86 bits per heavy atom. The Labute approximate surface area is 206 Å². The molecule has 35 heavy (non-hydrogen) atoms. The fraction of sp³-hybridized carbons (Fsp3) is 0.222. The van der Waals surface area contributed by atoms with Crippen molar-refractivity contribution < 1.29 is 13.9 Å². The zero-order chi connectivity index (χ0) is 23.8. The average Bonchev–Trinajstić information content (AvgIpc) is 3.65. The van der Waals surface area contributed by atoms with Crippen molar-refractivity contribution in [1.29, 1.82) is 0 Å². The molecule has 0 saturated heterocycles. The largest absolute Gasteiger partial charge is 0.497 e. The molecule has 6 rings (SSSR count). The number of nitrogens with zero attached hydrogens (tertiary/aromatic N) is 4. The number of ether oxygens (including phenoxy) is 1. The van der Waals surface area contributed by atoms with Crippen LogP contribution in [0.3, 0.4) is 0 Å². The van der Waals surface area contributed by atoms with Gasteiger partial charge in [0.25, 0.3) is 0 Å². The van der Waals surface area contributed by atoms with Crippen LogP contribution in [-0.2, 0) is 12.8 Å². The third-order valence-corrected chi connectivity index (χ3v) is 7.37. The summed E-state index contributed by atoms with van der Waals surface area (Å²) >= 11 is 1.38. The molecular formula is C27H24N4O3S. The molecule has 3 heterocycles. The van der Waals surface area contributed by atoms with E-state index in [0.29, 0.717) is 16.7 Å². The van der Waals surface area contributed by atoms with E-state index in [1.165, 1.54) is 29.1 Å². The molecule has 0 bridgehead atoms. The van der Waals surface area contributed by atoms with Gasteiger partial charge in [-0.05, 0) is 73.7 Å². The molecule has 0 saturated carbocycles. The van der Waals surface area contributed by atoms with Crippen molar-refractivity contribution in [2.24, 2.45) is 0 Å². The van der Waals surface area contributed by atoms with Crippen molar-refractivity contribution in [1.82, 2.24) is 19.3 Å². The number of benzene rings is 2. The number of aryl methyl sites for hydroxylation is 1. The van der Waals surface area contributed by atoms with Gasteiger partial charge in [0, 0.05) is 11.1 Å². The van der Waals surface area contributed by atoms with Gasteiger partial charge < -0.3 is 9.15 Å². The van der Waals surface area contributed by atoms with Gasteiger partial charge in [-0.1, -0.05) is 30.0 Å². The number of rotatable bonds is 6. The standard InChI is InChI=1S/C27H24N4O3S/c1-33-19-14-12-18(13-15-19)30-26(24-11-6-16-34-24)28-29-27(30)35-17-25(32)31-22-9-4-2-7-20(22)21-8-3-5-10-23(21)31/h2,4,6-7,9,11-16H,3,5,8,10,17H2,1H3. The van der Waals surface area contributed by atoms with Crippen LogP contribution < -0.4 is 4.74 Å². The fourth-order valence-corrected chi connectivity index (χ4v) is 5.67. The van der Waals surface area contributed by atoms with Crippen molar-refractivity contribution in [3.63, 3.8) is 0 Å². The van der Waals surface area contributed by atoms with Crippen LogP contribution in [0.25, 0.3) is 28.2 Å². The highest BCUT2D eigenvalue weighted by molar-refractivity contribution is 7.99. The molecule has 0 aliphatic heterocycles. The first-order chi connectivity index (χ1) is 17.2. The molecule has 8 heteroatoms. The fourth-order valence-electron chi connectivity index (χ4n) is 4.86. The lowest BCUT2D eigenvalue weighted by Gasteiger charge is -2.15. The summed E-state index contributed by atoms with van der Waals surface area (Å²) in [7, 11) is 1.64. The van der Waals surface area contributed by atoms with Crippen molar-refractivity contribution in [2.75, 3.05) is 12.9 Å². The average molecular weight is 485 g/mol. The summed E-state index contributed by atoms with van der Waals surface area (Å²) in [5.74, 6) is 2.25. The van der Waals surface area contributed by atoms with E-state index in [2.05, 4.69) is 16.3 Å². The predicted octanol–water partition coefficient (Wildman–Crippen LogP) is 5.80. The van der Waals surface area contributed by atoms with Crippen molar-refractivity contribution >= 4 is 28.6 Å². The summed E-state index contributed by atoms with van der Waals surface area (Å²) in [4.78, 5) is 13.6. The third-order valence-electron chi connectivity index (χ3n) is 6.46. The van der Waals surface area contributed by atoms with Crippen LogP contribution in [0.2, 0.25) is 0 Å². The Hall–Kier alpha value is -3.78. The number of hydrogen-bond donors (Lipinski definition) is 0. The van der Waals surface area contributed by atoms with E-state index in [4.69, 9.17) is 9.15 Å². The number of carbonyl (C=O) groups excluding carboxylic acids is 1. The van der Waals surface area contributed by atoms with Crippen LogP contribution in [0.1, 0.15) is 28.9 Å². The van der Waals surface area contributed by atoms with E-state index in [0.717, 1.165) is 41.9 Å². The molecule has 7 nitrogen and oxygen atoms in total. The summed E-state index contributed by atoms with van der Waals surface area (Å²) in [6, 6.07) is 19.6. The van der Waals surface area contributed by atoms with Crippen molar-refractivity contribution in [3.8, 4) is 23.0 Å². The minimum Gasteiger partial charge on any atom is -0.497 e. The first-order valence-electron chi connectivity index (χ1n) is 11.7. The summed E-state index contributed by atoms with van der Waals surface area (Å²) in [5, 5.41) is 10.6. The number of para-hydroxylation sites is 1. The first kappa shape index (κ1) is 21.7. The predicted molar refractivity (Wildman–Crippen MR) is 136 cm³/mol. The molecule has 1 aliphatic carbocycles. The van der Waals surface area contributed by atoms with Gasteiger partial charge in [0.2, 0.25) is 11.7 Å². The Balaban J connectivity index is 1.35. The maximum atomic E-state index is 13.6. The van der Waals surface area contributed by atoms with Crippen LogP contribution >= 0.6 is 11.8 Å². The van der Waals surface area contributed by atoms with Gasteiger partial charge in [-0.2, -0.15) is 0 Å². The second kappa shape index (κ2) is 9.11. The quantitative estimate of drug-likeness (QED) is 0.284. The maximum absolute atomic E-state index is 13.6. The van der Waals surface area contributed by atoms with Crippen molar-refractivity contribution in [2.45, 2.75) is 30.8 Å². The zero-order valence-corrected chi connectivity index (χ0v) is 20.1. The summed E-state index contributed by atoms with van der Waals surface area (Å²) in [6.07, 6.45) is 5.86. The summed E-state index contributed by atoms with van der Waals surface area (Å²) in [6.45, 7) is 0. The molecule has 1 aliphatic rings. The van der Waals surface area contributed by atoms with Gasteiger partial charge in [-0.25, -0.2) is 0 Å². The molecule has 0 atom stereocenters. The second-order valence-corrected chi connectivity index (χ2v) is 9.43. The lowest BCUT2D eigenvalue weighted by molar-refractivity contribution is 0.0943. The molecule has 176 valence electrons. The molecule has 2 aromatic carbocycles. The highest BCUT2D eigenvalue weighted by Crippen LogP contribution is 2.33. The molecule has 5 aromatic rings. The zero-order valence-electron chi connectivity index (χ0n) is 19.3. The minimum atomic E-state index is 0.0539. The lowest BCUT2D eigenvalue weighted by Crippen LogP contribution is -2.18. The Bertz CT molecular complexity index is 1500. The van der Waals surface area contributed by atoms with Crippen molar-refractivity contribution in [3.05, 3.63) is 78.2 Å². The van der Waals surface area contributed by atoms with Crippen LogP contribution in [0.15, 0.2) is 76.5 Å². The minimum absolute atomic E-state index is 0.0539. The van der Waals surface area contributed by atoms with E-state index < -0.39 is 0 Å². The van der Waals surface area contributed by atoms with Gasteiger partial charge in [0.05, 0.1) is 30.3 Å². The monoisotopic (exact) mass is 484 g/mol. The molecule has 0 spiro atoms. The molecule has 0 amide bonds. The second-order valence-electron chi connectivity index (χ2n) is 8.48. The maximum Gasteiger partial charge on any atom is 0.241 e. The Kier molecular flexibility index (Phi) is 5.66. The normalized spacial score (nSPS) is 13.2. The highest BCUT2D eigenvalue weighted by atomic mass is 32.2. The number of aromatic nitrogens is 4. The molecule has 0 fully saturated rings. The summed E-state index contributed by atoms with van der Waals surface area (Å²) in [5.41, 5.74) is 4.35. The van der Waals surface area contributed by atoms with E-state index in [-0.39, 0.29) is 11.7 Å². The topological polar surface area (TPSA) is 75.1 Å². The Morgan fingerprint density at radius 3 is 2.66 bits per heavy atom.